The first-order chi connectivity index (χ1) is 15.0. The summed E-state index contributed by atoms with van der Waals surface area (Å²) in [6.07, 6.45) is -4.52. The fraction of sp³-hybridized carbons (Fsp3) is 0.0870. The van der Waals surface area contributed by atoms with Crippen LogP contribution in [-0.2, 0) is 16.2 Å². The van der Waals surface area contributed by atoms with E-state index in [1.165, 1.54) is 54.6 Å². The van der Waals surface area contributed by atoms with Crippen LogP contribution in [0, 0.1) is 0 Å². The van der Waals surface area contributed by atoms with E-state index in [9.17, 15) is 31.5 Å². The summed E-state index contributed by atoms with van der Waals surface area (Å²) in [5.41, 5.74) is -0.640. The number of aliphatic hydroxyl groups is 1. The zero-order valence-corrected chi connectivity index (χ0v) is 17.4. The molecule has 0 unspecified atom stereocenters. The van der Waals surface area contributed by atoms with Crippen molar-refractivity contribution in [3.05, 3.63) is 95.2 Å². The SMILES string of the molecule is CN1C(=C(O)c2cccc(-c3cccc(C(F)(F)F)c3)c2)C(=O)c2ccccc2S1(=O)=O. The molecule has 9 heteroatoms. The molecule has 1 aliphatic rings. The molecular formula is C23H16F3NO4S. The number of hydrogen-bond donors (Lipinski definition) is 1. The number of carbonyl (C=O) groups is 1. The first-order valence-electron chi connectivity index (χ1n) is 9.36. The number of rotatable bonds is 2. The minimum Gasteiger partial charge on any atom is -0.505 e. The Labute approximate surface area is 182 Å². The summed E-state index contributed by atoms with van der Waals surface area (Å²) < 4.78 is 65.6. The van der Waals surface area contributed by atoms with Gasteiger partial charge in [0, 0.05) is 18.2 Å². The lowest BCUT2D eigenvalue weighted by atomic mass is 9.98. The standard InChI is InChI=1S/C23H16F3NO4S/c1-27-20(22(29)18-10-2-3-11-19(18)32(27,30)31)21(28)16-8-4-6-14(12-16)15-7-5-9-17(13-15)23(24,25)26/h2-13,28H,1H3. The molecule has 5 nitrogen and oxygen atoms in total. The number of aliphatic hydroxyl groups excluding tert-OH is 1. The lowest BCUT2D eigenvalue weighted by Gasteiger charge is -2.28. The molecule has 0 saturated carbocycles. The lowest BCUT2D eigenvalue weighted by molar-refractivity contribution is -0.137. The summed E-state index contributed by atoms with van der Waals surface area (Å²) in [4.78, 5) is 12.8. The molecule has 0 radical (unpaired) electrons. The number of benzene rings is 3. The number of Topliss-reactive ketones (excluding diaryl/α,β-unsaturated/α-hetero) is 1. The Bertz CT molecular complexity index is 1380. The van der Waals surface area contributed by atoms with E-state index < -0.39 is 39.0 Å². The molecule has 32 heavy (non-hydrogen) atoms. The zero-order chi connectivity index (χ0) is 23.3. The Morgan fingerprint density at radius 1 is 0.906 bits per heavy atom. The van der Waals surface area contributed by atoms with Crippen LogP contribution >= 0.6 is 0 Å². The summed E-state index contributed by atoms with van der Waals surface area (Å²) >= 11 is 0. The highest BCUT2D eigenvalue weighted by Crippen LogP contribution is 2.36. The predicted molar refractivity (Wildman–Crippen MR) is 112 cm³/mol. The highest BCUT2D eigenvalue weighted by Gasteiger charge is 2.39. The van der Waals surface area contributed by atoms with Crippen LogP contribution in [0.15, 0.2) is 83.4 Å². The molecule has 3 aromatic rings. The normalized spacial score (nSPS) is 17.1. The average molecular weight is 459 g/mol. The molecule has 0 fully saturated rings. The maximum atomic E-state index is 13.1. The van der Waals surface area contributed by atoms with Crippen LogP contribution in [0.1, 0.15) is 21.5 Å². The van der Waals surface area contributed by atoms with Crippen LogP contribution in [-0.4, -0.2) is 30.7 Å². The third-order valence-electron chi connectivity index (χ3n) is 5.18. The van der Waals surface area contributed by atoms with Crippen LogP contribution in [0.3, 0.4) is 0 Å². The van der Waals surface area contributed by atoms with Gasteiger partial charge < -0.3 is 5.11 Å². The van der Waals surface area contributed by atoms with Gasteiger partial charge in [0.2, 0.25) is 5.78 Å². The van der Waals surface area contributed by atoms with Gasteiger partial charge in [-0.15, -0.1) is 0 Å². The highest BCUT2D eigenvalue weighted by molar-refractivity contribution is 7.89. The number of carbonyl (C=O) groups excluding carboxylic acids is 1. The molecule has 4 rings (SSSR count). The van der Waals surface area contributed by atoms with E-state index >= 15 is 0 Å². The van der Waals surface area contributed by atoms with Crippen LogP contribution in [0.2, 0.25) is 0 Å². The van der Waals surface area contributed by atoms with E-state index in [1.807, 2.05) is 0 Å². The second-order valence-corrected chi connectivity index (χ2v) is 9.09. The van der Waals surface area contributed by atoms with Gasteiger partial charge in [0.25, 0.3) is 10.0 Å². The maximum absolute atomic E-state index is 13.1. The van der Waals surface area contributed by atoms with E-state index in [2.05, 4.69) is 0 Å². The van der Waals surface area contributed by atoms with Crippen LogP contribution < -0.4 is 0 Å². The molecule has 0 amide bonds. The van der Waals surface area contributed by atoms with Gasteiger partial charge in [-0.25, -0.2) is 8.42 Å². The molecule has 164 valence electrons. The third-order valence-corrected chi connectivity index (χ3v) is 7.00. The minimum atomic E-state index is -4.52. The molecule has 0 atom stereocenters. The smallest absolute Gasteiger partial charge is 0.416 e. The zero-order valence-electron chi connectivity index (χ0n) is 16.6. The van der Waals surface area contributed by atoms with Gasteiger partial charge in [0.05, 0.1) is 10.5 Å². The van der Waals surface area contributed by atoms with Crippen molar-refractivity contribution in [2.75, 3.05) is 7.05 Å². The van der Waals surface area contributed by atoms with Crippen molar-refractivity contribution in [3.8, 4) is 11.1 Å². The van der Waals surface area contributed by atoms with Crippen molar-refractivity contribution in [3.63, 3.8) is 0 Å². The molecule has 1 heterocycles. The molecule has 0 aliphatic carbocycles. The topological polar surface area (TPSA) is 74.7 Å². The number of nitrogens with zero attached hydrogens (tertiary/aromatic N) is 1. The van der Waals surface area contributed by atoms with Gasteiger partial charge in [-0.3, -0.25) is 9.10 Å². The highest BCUT2D eigenvalue weighted by atomic mass is 32.2. The molecule has 0 spiro atoms. The van der Waals surface area contributed by atoms with E-state index in [4.69, 9.17) is 0 Å². The fourth-order valence-electron chi connectivity index (χ4n) is 3.53. The first-order valence-corrected chi connectivity index (χ1v) is 10.8. The van der Waals surface area contributed by atoms with Crippen molar-refractivity contribution in [2.24, 2.45) is 0 Å². The fourth-order valence-corrected chi connectivity index (χ4v) is 4.93. The number of fused-ring (bicyclic) bond motifs is 1. The molecular weight excluding hydrogens is 443 g/mol. The van der Waals surface area contributed by atoms with Crippen LogP contribution in [0.4, 0.5) is 13.2 Å². The number of halogens is 3. The van der Waals surface area contributed by atoms with E-state index in [0.29, 0.717) is 9.87 Å². The summed E-state index contributed by atoms with van der Waals surface area (Å²) in [5.74, 6) is -1.27. The number of likely N-dealkylation sites (N-methyl/N-ethyl adjacent to an activating group) is 1. The van der Waals surface area contributed by atoms with Gasteiger partial charge in [-0.2, -0.15) is 13.2 Å². The Morgan fingerprint density at radius 2 is 1.53 bits per heavy atom. The second kappa shape index (κ2) is 7.52. The van der Waals surface area contributed by atoms with E-state index in [0.717, 1.165) is 19.2 Å². The average Bonchev–Trinajstić information content (AvgIpc) is 2.78. The van der Waals surface area contributed by atoms with Crippen LogP contribution in [0.25, 0.3) is 16.9 Å². The third kappa shape index (κ3) is 3.54. The Morgan fingerprint density at radius 3 is 2.22 bits per heavy atom. The lowest BCUT2D eigenvalue weighted by Crippen LogP contribution is -2.37. The largest absolute Gasteiger partial charge is 0.505 e. The number of sulfonamides is 1. The maximum Gasteiger partial charge on any atom is 0.416 e. The quantitative estimate of drug-likeness (QED) is 0.427. The Hall–Kier alpha value is -3.59. The van der Waals surface area contributed by atoms with Crippen LogP contribution in [0.5, 0.6) is 0 Å². The second-order valence-electron chi connectivity index (χ2n) is 7.15. The van der Waals surface area contributed by atoms with Crippen molar-refractivity contribution in [2.45, 2.75) is 11.1 Å². The number of hydrogen-bond acceptors (Lipinski definition) is 4. The molecule has 0 saturated heterocycles. The molecule has 1 N–H and O–H groups in total. The first kappa shape index (κ1) is 21.6. The molecule has 3 aromatic carbocycles. The predicted octanol–water partition coefficient (Wildman–Crippen LogP) is 5.12. The van der Waals surface area contributed by atoms with Crippen molar-refractivity contribution in [1.29, 1.82) is 0 Å². The van der Waals surface area contributed by atoms with Gasteiger partial charge in [-0.05, 0) is 41.5 Å². The Kier molecular flexibility index (Phi) is 5.09. The van der Waals surface area contributed by atoms with Gasteiger partial charge >= 0.3 is 6.18 Å². The van der Waals surface area contributed by atoms with Gasteiger partial charge in [0.15, 0.2) is 5.76 Å². The monoisotopic (exact) mass is 459 g/mol. The number of allylic oxidation sites excluding steroid dienone is 1. The van der Waals surface area contributed by atoms with Gasteiger partial charge in [-0.1, -0.05) is 42.5 Å². The summed E-state index contributed by atoms with van der Waals surface area (Å²) in [6.45, 7) is 0. The summed E-state index contributed by atoms with van der Waals surface area (Å²) in [6, 6.07) is 16.2. The Balaban J connectivity index is 1.85. The molecule has 1 aliphatic heterocycles. The van der Waals surface area contributed by atoms with E-state index in [1.54, 1.807) is 6.07 Å². The molecule has 0 bridgehead atoms. The van der Waals surface area contributed by atoms with E-state index in [-0.39, 0.29) is 21.6 Å². The summed E-state index contributed by atoms with van der Waals surface area (Å²) in [7, 11) is -2.91. The summed E-state index contributed by atoms with van der Waals surface area (Å²) in [5, 5.41) is 10.9. The van der Waals surface area contributed by atoms with Crippen molar-refractivity contribution in [1.82, 2.24) is 4.31 Å². The van der Waals surface area contributed by atoms with Crippen molar-refractivity contribution >= 4 is 21.6 Å². The minimum absolute atomic E-state index is 0.0683. The number of alkyl halides is 3. The van der Waals surface area contributed by atoms with Gasteiger partial charge in [0.1, 0.15) is 5.70 Å². The van der Waals surface area contributed by atoms with Crippen molar-refractivity contribution < 1.29 is 31.5 Å². The molecule has 0 aromatic heterocycles. The number of ketones is 1.